The number of hydrogen-bond acceptors (Lipinski definition) is 4. The first-order valence-electron chi connectivity index (χ1n) is 4.65. The third kappa shape index (κ3) is 2.66. The Hall–Kier alpha value is -0.780. The fourth-order valence-corrected chi connectivity index (χ4v) is 1.91. The van der Waals surface area contributed by atoms with Gasteiger partial charge in [0.1, 0.15) is 0 Å². The van der Waals surface area contributed by atoms with Crippen LogP contribution >= 0.6 is 15.9 Å². The summed E-state index contributed by atoms with van der Waals surface area (Å²) < 4.78 is 21.6. The highest BCUT2D eigenvalue weighted by molar-refractivity contribution is 9.10. The fourth-order valence-electron chi connectivity index (χ4n) is 1.40. The van der Waals surface area contributed by atoms with Gasteiger partial charge in [0.25, 0.3) is 0 Å². The number of benzene rings is 1. The molecule has 1 aromatic carbocycles. The number of ether oxygens (including phenoxy) is 4. The molecular formula is C11H15BrO4. The monoisotopic (exact) mass is 290 g/mol. The molecule has 0 heterocycles. The van der Waals surface area contributed by atoms with Crippen molar-refractivity contribution >= 4 is 15.9 Å². The van der Waals surface area contributed by atoms with Gasteiger partial charge in [-0.05, 0) is 12.1 Å². The van der Waals surface area contributed by atoms with Gasteiger partial charge in [0.05, 0.1) is 14.2 Å². The van der Waals surface area contributed by atoms with Crippen LogP contribution in [0.1, 0.15) is 11.9 Å². The standard InChI is InChI=1S/C11H15BrO4/c1-13-9-5-7(11(15-3)16-4)8(12)6-10(9)14-2/h5-6,11H,1-4H3. The van der Waals surface area contributed by atoms with Gasteiger partial charge >= 0.3 is 0 Å². The van der Waals surface area contributed by atoms with E-state index in [9.17, 15) is 0 Å². The Morgan fingerprint density at radius 1 is 0.938 bits per heavy atom. The molecule has 0 spiro atoms. The van der Waals surface area contributed by atoms with Crippen molar-refractivity contribution in [2.24, 2.45) is 0 Å². The van der Waals surface area contributed by atoms with E-state index in [4.69, 9.17) is 18.9 Å². The van der Waals surface area contributed by atoms with Crippen LogP contribution in [-0.2, 0) is 9.47 Å². The van der Waals surface area contributed by atoms with Crippen molar-refractivity contribution < 1.29 is 18.9 Å². The second-order valence-electron chi connectivity index (χ2n) is 3.03. The van der Waals surface area contributed by atoms with E-state index < -0.39 is 6.29 Å². The van der Waals surface area contributed by atoms with Gasteiger partial charge in [-0.15, -0.1) is 0 Å². The molecule has 90 valence electrons. The SMILES string of the molecule is COc1cc(Br)c(C(OC)OC)cc1OC. The summed E-state index contributed by atoms with van der Waals surface area (Å²) in [4.78, 5) is 0. The van der Waals surface area contributed by atoms with Crippen molar-refractivity contribution in [2.45, 2.75) is 6.29 Å². The van der Waals surface area contributed by atoms with E-state index in [1.807, 2.05) is 12.1 Å². The number of halogens is 1. The van der Waals surface area contributed by atoms with Crippen LogP contribution < -0.4 is 9.47 Å². The van der Waals surface area contributed by atoms with Gasteiger partial charge in [-0.3, -0.25) is 0 Å². The van der Waals surface area contributed by atoms with Crippen LogP contribution in [0.15, 0.2) is 16.6 Å². The summed E-state index contributed by atoms with van der Waals surface area (Å²) in [6.45, 7) is 0. The molecule has 5 heteroatoms. The molecule has 0 fully saturated rings. The van der Waals surface area contributed by atoms with Gasteiger partial charge in [0.15, 0.2) is 17.8 Å². The van der Waals surface area contributed by atoms with Gasteiger partial charge < -0.3 is 18.9 Å². The smallest absolute Gasteiger partial charge is 0.184 e. The summed E-state index contributed by atoms with van der Waals surface area (Å²) in [6.07, 6.45) is -0.436. The van der Waals surface area contributed by atoms with Crippen LogP contribution in [-0.4, -0.2) is 28.4 Å². The summed E-state index contributed by atoms with van der Waals surface area (Å²) in [6, 6.07) is 3.64. The van der Waals surface area contributed by atoms with E-state index in [2.05, 4.69) is 15.9 Å². The van der Waals surface area contributed by atoms with Gasteiger partial charge in [-0.1, -0.05) is 15.9 Å². The topological polar surface area (TPSA) is 36.9 Å². The van der Waals surface area contributed by atoms with Crippen molar-refractivity contribution in [3.8, 4) is 11.5 Å². The van der Waals surface area contributed by atoms with Gasteiger partial charge in [0, 0.05) is 24.3 Å². The van der Waals surface area contributed by atoms with Crippen LogP contribution in [0.4, 0.5) is 0 Å². The normalized spacial score (nSPS) is 10.6. The Morgan fingerprint density at radius 3 is 1.88 bits per heavy atom. The minimum atomic E-state index is -0.436. The number of hydrogen-bond donors (Lipinski definition) is 0. The fraction of sp³-hybridized carbons (Fsp3) is 0.455. The molecule has 1 rings (SSSR count). The zero-order valence-electron chi connectivity index (χ0n) is 9.74. The molecule has 0 aliphatic rings. The van der Waals surface area contributed by atoms with E-state index in [1.54, 1.807) is 28.4 Å². The van der Waals surface area contributed by atoms with Crippen molar-refractivity contribution in [2.75, 3.05) is 28.4 Å². The van der Waals surface area contributed by atoms with Crippen molar-refractivity contribution in [1.29, 1.82) is 0 Å². The predicted molar refractivity (Wildman–Crippen MR) is 64.0 cm³/mol. The lowest BCUT2D eigenvalue weighted by molar-refractivity contribution is -0.106. The maximum atomic E-state index is 5.21. The minimum Gasteiger partial charge on any atom is -0.493 e. The Kier molecular flexibility index (Phi) is 5.05. The molecule has 0 aliphatic heterocycles. The summed E-state index contributed by atoms with van der Waals surface area (Å²) in [5.41, 5.74) is 0.850. The highest BCUT2D eigenvalue weighted by Crippen LogP contribution is 2.36. The molecule has 0 N–H and O–H groups in total. The highest BCUT2D eigenvalue weighted by Gasteiger charge is 2.17. The highest BCUT2D eigenvalue weighted by atomic mass is 79.9. The first-order valence-corrected chi connectivity index (χ1v) is 5.44. The summed E-state index contributed by atoms with van der Waals surface area (Å²) in [5.74, 6) is 1.30. The minimum absolute atomic E-state index is 0.436. The Bertz CT molecular complexity index is 350. The van der Waals surface area contributed by atoms with E-state index in [0.717, 1.165) is 10.0 Å². The maximum Gasteiger partial charge on any atom is 0.184 e. The van der Waals surface area contributed by atoms with Crippen molar-refractivity contribution in [1.82, 2.24) is 0 Å². The maximum absolute atomic E-state index is 5.21. The molecule has 0 unspecified atom stereocenters. The van der Waals surface area contributed by atoms with Crippen LogP contribution in [0.2, 0.25) is 0 Å². The molecule has 4 nitrogen and oxygen atoms in total. The number of rotatable bonds is 5. The second-order valence-corrected chi connectivity index (χ2v) is 3.89. The largest absolute Gasteiger partial charge is 0.493 e. The van der Waals surface area contributed by atoms with Crippen molar-refractivity contribution in [3.05, 3.63) is 22.2 Å². The molecule has 0 aliphatic carbocycles. The van der Waals surface area contributed by atoms with Gasteiger partial charge in [-0.2, -0.15) is 0 Å². The summed E-state index contributed by atoms with van der Waals surface area (Å²) in [5, 5.41) is 0. The lowest BCUT2D eigenvalue weighted by Gasteiger charge is -2.17. The zero-order valence-corrected chi connectivity index (χ0v) is 11.3. The van der Waals surface area contributed by atoms with Gasteiger partial charge in [0.2, 0.25) is 0 Å². The quantitative estimate of drug-likeness (QED) is 0.782. The molecule has 16 heavy (non-hydrogen) atoms. The van der Waals surface area contributed by atoms with E-state index in [-0.39, 0.29) is 0 Å². The lowest BCUT2D eigenvalue weighted by atomic mass is 10.2. The Morgan fingerprint density at radius 2 is 1.44 bits per heavy atom. The Balaban J connectivity index is 3.19. The zero-order chi connectivity index (χ0) is 12.1. The first-order chi connectivity index (χ1) is 7.67. The molecule has 0 aromatic heterocycles. The van der Waals surface area contributed by atoms with Crippen LogP contribution in [0.3, 0.4) is 0 Å². The van der Waals surface area contributed by atoms with E-state index >= 15 is 0 Å². The summed E-state index contributed by atoms with van der Waals surface area (Å²) in [7, 11) is 6.34. The molecule has 0 saturated carbocycles. The van der Waals surface area contributed by atoms with Gasteiger partial charge in [-0.25, -0.2) is 0 Å². The van der Waals surface area contributed by atoms with Crippen LogP contribution in [0, 0.1) is 0 Å². The Labute approximate surface area is 104 Å². The van der Waals surface area contributed by atoms with E-state index in [1.165, 1.54) is 0 Å². The molecule has 1 aromatic rings. The van der Waals surface area contributed by atoms with E-state index in [0.29, 0.717) is 11.5 Å². The third-order valence-electron chi connectivity index (χ3n) is 2.18. The van der Waals surface area contributed by atoms with Crippen molar-refractivity contribution in [3.63, 3.8) is 0 Å². The predicted octanol–water partition coefficient (Wildman–Crippen LogP) is 2.76. The average molecular weight is 291 g/mol. The molecule has 0 amide bonds. The van der Waals surface area contributed by atoms with Crippen LogP contribution in [0.5, 0.6) is 11.5 Å². The lowest BCUT2D eigenvalue weighted by Crippen LogP contribution is -2.05. The molecule has 0 bridgehead atoms. The molecule has 0 atom stereocenters. The average Bonchev–Trinajstić information content (AvgIpc) is 2.32. The van der Waals surface area contributed by atoms with Crippen LogP contribution in [0.25, 0.3) is 0 Å². The first kappa shape index (κ1) is 13.3. The molecule has 0 saturated heterocycles. The molecular weight excluding hydrogens is 276 g/mol. The summed E-state index contributed by atoms with van der Waals surface area (Å²) >= 11 is 3.44. The number of methoxy groups -OCH3 is 4. The second kappa shape index (κ2) is 6.08. The third-order valence-corrected chi connectivity index (χ3v) is 2.87. The molecule has 0 radical (unpaired) electrons.